The number of ether oxygens (including phenoxy) is 2. The zero-order chi connectivity index (χ0) is 27.3. The largest absolute Gasteiger partial charge is 0.461 e. The first-order chi connectivity index (χ1) is 18.2. The van der Waals surface area contributed by atoms with E-state index in [9.17, 15) is 22.4 Å². The molecule has 0 saturated carbocycles. The fourth-order valence-electron chi connectivity index (χ4n) is 3.19. The molecule has 0 aliphatic rings. The number of benzene rings is 2. The van der Waals surface area contributed by atoms with Crippen LogP contribution in [0.5, 0.6) is 17.4 Å². The van der Waals surface area contributed by atoms with Crippen LogP contribution in [0.15, 0.2) is 67.1 Å². The number of halogens is 4. The molecular weight excluding hydrogens is 508 g/mol. The molecular formula is C25H20F4N6O3. The van der Waals surface area contributed by atoms with Gasteiger partial charge in [0, 0.05) is 30.6 Å². The number of carbonyl (C=O) groups excluding carboxylic acids is 1. The molecule has 2 aromatic carbocycles. The SMILES string of the molecule is CNc1ncnc(-c2cccnc2Oc2cc(C(=O)Nc3cccc(OC(F)(F)C(F)F)c3)ccc2C)n1. The van der Waals surface area contributed by atoms with Gasteiger partial charge in [-0.1, -0.05) is 12.1 Å². The van der Waals surface area contributed by atoms with Crippen LogP contribution in [0.2, 0.25) is 0 Å². The summed E-state index contributed by atoms with van der Waals surface area (Å²) in [7, 11) is 1.67. The zero-order valence-electron chi connectivity index (χ0n) is 20.0. The van der Waals surface area contributed by atoms with Gasteiger partial charge in [0.15, 0.2) is 5.82 Å². The van der Waals surface area contributed by atoms with Crippen molar-refractivity contribution in [3.8, 4) is 28.8 Å². The fourth-order valence-corrected chi connectivity index (χ4v) is 3.19. The van der Waals surface area contributed by atoms with Crippen LogP contribution < -0.4 is 20.1 Å². The van der Waals surface area contributed by atoms with E-state index >= 15 is 0 Å². The number of aromatic nitrogens is 4. The van der Waals surface area contributed by atoms with Gasteiger partial charge in [0.1, 0.15) is 17.8 Å². The van der Waals surface area contributed by atoms with Gasteiger partial charge >= 0.3 is 12.5 Å². The Bertz CT molecular complexity index is 1450. The van der Waals surface area contributed by atoms with Gasteiger partial charge in [-0.2, -0.15) is 22.5 Å². The third-order valence-corrected chi connectivity index (χ3v) is 5.06. The van der Waals surface area contributed by atoms with E-state index in [0.717, 1.165) is 12.1 Å². The number of nitrogens with one attached hydrogen (secondary N) is 2. The van der Waals surface area contributed by atoms with Gasteiger partial charge in [0.05, 0.1) is 5.56 Å². The van der Waals surface area contributed by atoms with E-state index < -0.39 is 24.2 Å². The maximum absolute atomic E-state index is 13.2. The smallest absolute Gasteiger partial charge is 0.438 e. The van der Waals surface area contributed by atoms with E-state index in [0.29, 0.717) is 28.6 Å². The van der Waals surface area contributed by atoms with Crippen molar-refractivity contribution >= 4 is 17.5 Å². The highest BCUT2D eigenvalue weighted by atomic mass is 19.3. The molecule has 13 heteroatoms. The van der Waals surface area contributed by atoms with Crippen LogP contribution in [0.25, 0.3) is 11.4 Å². The Hall–Kier alpha value is -4.81. The first kappa shape index (κ1) is 26.3. The summed E-state index contributed by atoms with van der Waals surface area (Å²) in [6.07, 6.45) is -5.82. The molecule has 2 N–H and O–H groups in total. The molecule has 0 radical (unpaired) electrons. The highest BCUT2D eigenvalue weighted by Gasteiger charge is 2.44. The lowest BCUT2D eigenvalue weighted by atomic mass is 10.1. The van der Waals surface area contributed by atoms with E-state index in [4.69, 9.17) is 4.74 Å². The molecule has 0 aliphatic carbocycles. The average molecular weight is 528 g/mol. The monoisotopic (exact) mass is 528 g/mol. The molecule has 1 amide bonds. The topological polar surface area (TPSA) is 111 Å². The minimum absolute atomic E-state index is 0.0581. The first-order valence-corrected chi connectivity index (χ1v) is 11.0. The summed E-state index contributed by atoms with van der Waals surface area (Å²) in [5.74, 6) is 0.0272. The number of alkyl halides is 4. The number of pyridine rings is 1. The second-order valence-electron chi connectivity index (χ2n) is 7.77. The Labute approximate surface area is 213 Å². The molecule has 196 valence electrons. The number of hydrogen-bond acceptors (Lipinski definition) is 8. The predicted octanol–water partition coefficient (Wildman–Crippen LogP) is 5.57. The number of rotatable bonds is 9. The average Bonchev–Trinajstić information content (AvgIpc) is 2.90. The Morgan fingerprint density at radius 3 is 2.61 bits per heavy atom. The second-order valence-corrected chi connectivity index (χ2v) is 7.77. The lowest BCUT2D eigenvalue weighted by molar-refractivity contribution is -0.253. The maximum Gasteiger partial charge on any atom is 0.461 e. The van der Waals surface area contributed by atoms with Crippen molar-refractivity contribution in [3.63, 3.8) is 0 Å². The van der Waals surface area contributed by atoms with E-state index in [1.165, 1.54) is 36.8 Å². The normalized spacial score (nSPS) is 11.2. The first-order valence-electron chi connectivity index (χ1n) is 11.0. The second kappa shape index (κ2) is 11.1. The van der Waals surface area contributed by atoms with E-state index in [2.05, 4.69) is 35.3 Å². The summed E-state index contributed by atoms with van der Waals surface area (Å²) in [5.41, 5.74) is 1.40. The summed E-state index contributed by atoms with van der Waals surface area (Å²) < 4.78 is 61.4. The number of anilines is 2. The van der Waals surface area contributed by atoms with Gasteiger partial charge in [-0.25, -0.2) is 15.0 Å². The van der Waals surface area contributed by atoms with Crippen molar-refractivity contribution in [1.82, 2.24) is 19.9 Å². The van der Waals surface area contributed by atoms with Crippen LogP contribution in [-0.4, -0.2) is 45.4 Å². The van der Waals surface area contributed by atoms with Gasteiger partial charge in [0.2, 0.25) is 11.8 Å². The molecule has 2 heterocycles. The number of hydrogen-bond donors (Lipinski definition) is 2. The number of nitrogens with zero attached hydrogens (tertiary/aromatic N) is 4. The van der Waals surface area contributed by atoms with Crippen molar-refractivity contribution in [2.75, 3.05) is 17.7 Å². The summed E-state index contributed by atoms with van der Waals surface area (Å²) in [6, 6.07) is 12.8. The van der Waals surface area contributed by atoms with Gasteiger partial charge in [0.25, 0.3) is 5.91 Å². The molecule has 0 unspecified atom stereocenters. The quantitative estimate of drug-likeness (QED) is 0.272. The van der Waals surface area contributed by atoms with Crippen molar-refractivity contribution in [1.29, 1.82) is 0 Å². The van der Waals surface area contributed by atoms with Crippen molar-refractivity contribution in [2.24, 2.45) is 0 Å². The van der Waals surface area contributed by atoms with E-state index in [1.54, 1.807) is 32.2 Å². The minimum Gasteiger partial charge on any atom is -0.438 e. The summed E-state index contributed by atoms with van der Waals surface area (Å²) in [4.78, 5) is 29.6. The van der Waals surface area contributed by atoms with Gasteiger partial charge in [-0.3, -0.25) is 4.79 Å². The Balaban J connectivity index is 1.55. The molecule has 0 fully saturated rings. The van der Waals surface area contributed by atoms with Gasteiger partial charge in [-0.15, -0.1) is 0 Å². The Kier molecular flexibility index (Phi) is 7.65. The van der Waals surface area contributed by atoms with Crippen LogP contribution in [0, 0.1) is 6.92 Å². The van der Waals surface area contributed by atoms with Crippen molar-refractivity contribution < 1.29 is 31.8 Å². The maximum atomic E-state index is 13.2. The molecule has 38 heavy (non-hydrogen) atoms. The number of carbonyl (C=O) groups is 1. The van der Waals surface area contributed by atoms with Gasteiger partial charge < -0.3 is 20.1 Å². The summed E-state index contributed by atoms with van der Waals surface area (Å²) in [6.45, 7) is 1.77. The Morgan fingerprint density at radius 2 is 1.84 bits per heavy atom. The molecule has 2 aromatic heterocycles. The highest BCUT2D eigenvalue weighted by Crippen LogP contribution is 2.32. The van der Waals surface area contributed by atoms with Crippen molar-refractivity contribution in [2.45, 2.75) is 19.5 Å². The standard InChI is InChI=1S/C25H20F4N6O3/c1-14-8-9-15(21(36)34-16-5-3-6-17(12-16)38-25(28,29)23(26)27)11-19(14)37-22-18(7-4-10-31-22)20-32-13-33-24(30-2)35-20/h3-13,23H,1-2H3,(H,34,36)(H,30,32,33,35). The number of amides is 1. The van der Waals surface area contributed by atoms with E-state index in [1.807, 2.05) is 0 Å². The molecule has 0 saturated heterocycles. The fraction of sp³-hybridized carbons (Fsp3) is 0.160. The number of aryl methyl sites for hydroxylation is 1. The van der Waals surface area contributed by atoms with Crippen LogP contribution in [-0.2, 0) is 0 Å². The van der Waals surface area contributed by atoms with Crippen LogP contribution in [0.3, 0.4) is 0 Å². The molecule has 4 aromatic rings. The van der Waals surface area contributed by atoms with Crippen LogP contribution >= 0.6 is 0 Å². The Morgan fingerprint density at radius 1 is 1.03 bits per heavy atom. The lowest BCUT2D eigenvalue weighted by Crippen LogP contribution is -2.33. The van der Waals surface area contributed by atoms with Gasteiger partial charge in [-0.05, 0) is 48.9 Å². The lowest BCUT2D eigenvalue weighted by Gasteiger charge is -2.17. The molecule has 0 bridgehead atoms. The molecule has 9 nitrogen and oxygen atoms in total. The molecule has 0 spiro atoms. The molecule has 4 rings (SSSR count). The highest BCUT2D eigenvalue weighted by molar-refractivity contribution is 6.04. The minimum atomic E-state index is -4.67. The third-order valence-electron chi connectivity index (χ3n) is 5.06. The van der Waals surface area contributed by atoms with E-state index in [-0.39, 0.29) is 17.1 Å². The molecule has 0 atom stereocenters. The molecule has 0 aliphatic heterocycles. The summed E-state index contributed by atoms with van der Waals surface area (Å²) in [5, 5.41) is 5.35. The van der Waals surface area contributed by atoms with Crippen LogP contribution in [0.4, 0.5) is 29.2 Å². The third kappa shape index (κ3) is 6.11. The zero-order valence-corrected chi connectivity index (χ0v) is 20.0. The summed E-state index contributed by atoms with van der Waals surface area (Å²) >= 11 is 0. The predicted molar refractivity (Wildman–Crippen MR) is 130 cm³/mol. The van der Waals surface area contributed by atoms with Crippen molar-refractivity contribution in [3.05, 3.63) is 78.2 Å². The van der Waals surface area contributed by atoms with Crippen LogP contribution in [0.1, 0.15) is 15.9 Å².